The van der Waals surface area contributed by atoms with E-state index in [1.807, 2.05) is 30.3 Å². The number of rotatable bonds is 7. The zero-order valence-corrected chi connectivity index (χ0v) is 16.6. The molecule has 0 saturated heterocycles. The number of aliphatic hydroxyl groups excluding tert-OH is 1. The molecule has 0 amide bonds. The molecule has 0 aliphatic heterocycles. The van der Waals surface area contributed by atoms with Gasteiger partial charge in [-0.1, -0.05) is 42.5 Å². The molecule has 0 aliphatic carbocycles. The van der Waals surface area contributed by atoms with E-state index in [1.54, 1.807) is 19.2 Å². The number of hydrogen-bond donors (Lipinski definition) is 2. The first-order valence-corrected chi connectivity index (χ1v) is 10.0. The number of benzene rings is 2. The van der Waals surface area contributed by atoms with Crippen LogP contribution in [-0.4, -0.2) is 28.7 Å². The number of nitrogens with one attached hydrogen (secondary N) is 1. The van der Waals surface area contributed by atoms with Crippen molar-refractivity contribution in [1.82, 2.24) is 9.97 Å². The van der Waals surface area contributed by atoms with Gasteiger partial charge in [0, 0.05) is 24.6 Å². The van der Waals surface area contributed by atoms with Crippen LogP contribution in [0, 0.1) is 5.82 Å². The van der Waals surface area contributed by atoms with E-state index in [2.05, 4.69) is 20.7 Å². The summed E-state index contributed by atoms with van der Waals surface area (Å²) in [5, 5.41) is 16.7. The second-order valence-corrected chi connectivity index (χ2v) is 7.43. The molecule has 4 rings (SSSR count). The highest BCUT2D eigenvalue weighted by Crippen LogP contribution is 2.37. The van der Waals surface area contributed by atoms with Crippen molar-refractivity contribution in [2.45, 2.75) is 12.7 Å². The Hall–Kier alpha value is -2.87. The van der Waals surface area contributed by atoms with Crippen molar-refractivity contribution in [2.75, 3.05) is 19.0 Å². The monoisotopic (exact) mass is 409 g/mol. The molecule has 2 heterocycles. The fourth-order valence-electron chi connectivity index (χ4n) is 3.16. The maximum Gasteiger partial charge on any atom is 0.158 e. The van der Waals surface area contributed by atoms with Crippen LogP contribution in [0.1, 0.15) is 17.5 Å². The second-order valence-electron chi connectivity index (χ2n) is 6.57. The molecule has 148 valence electrons. The van der Waals surface area contributed by atoms with Gasteiger partial charge in [0.1, 0.15) is 23.1 Å². The Morgan fingerprint density at radius 1 is 1.14 bits per heavy atom. The zero-order valence-electron chi connectivity index (χ0n) is 15.8. The van der Waals surface area contributed by atoms with Gasteiger partial charge < -0.3 is 15.2 Å². The van der Waals surface area contributed by atoms with Gasteiger partial charge in [-0.2, -0.15) is 0 Å². The Balaban J connectivity index is 1.70. The summed E-state index contributed by atoms with van der Waals surface area (Å²) in [7, 11) is 1.60. The fraction of sp³-hybridized carbons (Fsp3) is 0.182. The molecular weight excluding hydrogens is 389 g/mol. The highest BCUT2D eigenvalue weighted by molar-refractivity contribution is 7.17. The average molecular weight is 409 g/mol. The SMILES string of the molecule is COCc1nc(NCC(O)c2cccc(F)c2)c2c(-c3ccccc3)csc2n1. The maximum atomic E-state index is 13.5. The number of aromatic nitrogens is 2. The number of halogens is 1. The maximum absolute atomic E-state index is 13.5. The van der Waals surface area contributed by atoms with E-state index in [1.165, 1.54) is 23.5 Å². The summed E-state index contributed by atoms with van der Waals surface area (Å²) < 4.78 is 18.7. The predicted octanol–water partition coefficient (Wildman–Crippen LogP) is 4.79. The van der Waals surface area contributed by atoms with Crippen LogP contribution in [0.25, 0.3) is 21.3 Å². The molecule has 0 bridgehead atoms. The quantitative estimate of drug-likeness (QED) is 0.459. The van der Waals surface area contributed by atoms with E-state index >= 15 is 0 Å². The number of ether oxygens (including phenoxy) is 1. The minimum atomic E-state index is -0.875. The first-order chi connectivity index (χ1) is 14.2. The molecule has 2 aromatic heterocycles. The van der Waals surface area contributed by atoms with E-state index in [9.17, 15) is 9.50 Å². The van der Waals surface area contributed by atoms with Gasteiger partial charge in [-0.05, 0) is 23.3 Å². The molecule has 0 fully saturated rings. The van der Waals surface area contributed by atoms with Crippen molar-refractivity contribution < 1.29 is 14.2 Å². The summed E-state index contributed by atoms with van der Waals surface area (Å²) in [5.41, 5.74) is 2.60. The van der Waals surface area contributed by atoms with Gasteiger partial charge in [-0.15, -0.1) is 11.3 Å². The van der Waals surface area contributed by atoms with Crippen LogP contribution in [0.2, 0.25) is 0 Å². The molecule has 5 nitrogen and oxygen atoms in total. The molecule has 0 aliphatic rings. The molecule has 2 N–H and O–H groups in total. The van der Waals surface area contributed by atoms with Crippen molar-refractivity contribution >= 4 is 27.4 Å². The lowest BCUT2D eigenvalue weighted by Gasteiger charge is -2.15. The number of methoxy groups -OCH3 is 1. The van der Waals surface area contributed by atoms with E-state index < -0.39 is 6.10 Å². The highest BCUT2D eigenvalue weighted by Gasteiger charge is 2.17. The van der Waals surface area contributed by atoms with E-state index in [0.717, 1.165) is 21.3 Å². The summed E-state index contributed by atoms with van der Waals surface area (Å²) in [5.74, 6) is 0.805. The first-order valence-electron chi connectivity index (χ1n) is 9.15. The third kappa shape index (κ3) is 4.27. The first kappa shape index (κ1) is 19.4. The largest absolute Gasteiger partial charge is 0.387 e. The number of anilines is 1. The molecular formula is C22H20FN3O2S. The molecule has 0 saturated carbocycles. The minimum absolute atomic E-state index is 0.187. The van der Waals surface area contributed by atoms with Gasteiger partial charge in [-0.3, -0.25) is 0 Å². The Morgan fingerprint density at radius 3 is 2.72 bits per heavy atom. The summed E-state index contributed by atoms with van der Waals surface area (Å²) in [4.78, 5) is 10.0. The highest BCUT2D eigenvalue weighted by atomic mass is 32.1. The second kappa shape index (κ2) is 8.65. The molecule has 2 aromatic carbocycles. The van der Waals surface area contributed by atoms with Gasteiger partial charge in [0.15, 0.2) is 5.82 Å². The van der Waals surface area contributed by atoms with Gasteiger partial charge >= 0.3 is 0 Å². The molecule has 7 heteroatoms. The number of aliphatic hydroxyl groups is 1. The van der Waals surface area contributed by atoms with E-state index in [4.69, 9.17) is 4.74 Å². The molecule has 1 atom stereocenters. The molecule has 4 aromatic rings. The molecule has 0 spiro atoms. The van der Waals surface area contributed by atoms with Crippen LogP contribution in [0.5, 0.6) is 0 Å². The lowest BCUT2D eigenvalue weighted by atomic mass is 10.1. The standard InChI is InChI=1S/C22H20FN3O2S/c1-28-12-19-25-21(24-11-18(27)15-8-5-9-16(23)10-15)20-17(13-29-22(20)26-19)14-6-3-2-4-7-14/h2-10,13,18,27H,11-12H2,1H3,(H,24,25,26). The van der Waals surface area contributed by atoms with Crippen LogP contribution in [-0.2, 0) is 11.3 Å². The van der Waals surface area contributed by atoms with Crippen molar-refractivity contribution in [3.05, 3.63) is 77.2 Å². The van der Waals surface area contributed by atoms with Gasteiger partial charge in [0.2, 0.25) is 0 Å². The van der Waals surface area contributed by atoms with Crippen molar-refractivity contribution in [2.24, 2.45) is 0 Å². The zero-order chi connectivity index (χ0) is 20.2. The normalized spacial score (nSPS) is 12.2. The van der Waals surface area contributed by atoms with Crippen LogP contribution < -0.4 is 5.32 Å². The number of nitrogens with zero attached hydrogens (tertiary/aromatic N) is 2. The number of hydrogen-bond acceptors (Lipinski definition) is 6. The summed E-state index contributed by atoms with van der Waals surface area (Å²) in [6, 6.07) is 16.0. The van der Waals surface area contributed by atoms with Crippen LogP contribution >= 0.6 is 11.3 Å². The molecule has 0 radical (unpaired) electrons. The van der Waals surface area contributed by atoms with E-state index in [0.29, 0.717) is 17.2 Å². The van der Waals surface area contributed by atoms with Crippen molar-refractivity contribution in [3.63, 3.8) is 0 Å². The third-order valence-electron chi connectivity index (χ3n) is 4.53. The van der Waals surface area contributed by atoms with Crippen LogP contribution in [0.3, 0.4) is 0 Å². The lowest BCUT2D eigenvalue weighted by molar-refractivity contribution is 0.178. The van der Waals surface area contributed by atoms with Gasteiger partial charge in [-0.25, -0.2) is 14.4 Å². The Morgan fingerprint density at radius 2 is 1.97 bits per heavy atom. The number of fused-ring (bicyclic) bond motifs is 1. The van der Waals surface area contributed by atoms with E-state index in [-0.39, 0.29) is 19.0 Å². The van der Waals surface area contributed by atoms with Crippen LogP contribution in [0.15, 0.2) is 60.0 Å². The Kier molecular flexibility index (Phi) is 5.80. The summed E-state index contributed by atoms with van der Waals surface area (Å²) in [6.07, 6.45) is -0.875. The van der Waals surface area contributed by atoms with Gasteiger partial charge in [0.25, 0.3) is 0 Å². The predicted molar refractivity (Wildman–Crippen MR) is 113 cm³/mol. The Bertz CT molecular complexity index is 1120. The smallest absolute Gasteiger partial charge is 0.158 e. The van der Waals surface area contributed by atoms with Crippen molar-refractivity contribution in [1.29, 1.82) is 0 Å². The number of thiophene rings is 1. The summed E-state index contributed by atoms with van der Waals surface area (Å²) >= 11 is 1.54. The minimum Gasteiger partial charge on any atom is -0.387 e. The third-order valence-corrected chi connectivity index (χ3v) is 5.41. The summed E-state index contributed by atoms with van der Waals surface area (Å²) in [6.45, 7) is 0.474. The molecule has 29 heavy (non-hydrogen) atoms. The topological polar surface area (TPSA) is 67.3 Å². The molecule has 1 unspecified atom stereocenters. The van der Waals surface area contributed by atoms with Gasteiger partial charge in [0.05, 0.1) is 11.5 Å². The fourth-order valence-corrected chi connectivity index (χ4v) is 4.13. The van der Waals surface area contributed by atoms with Crippen molar-refractivity contribution in [3.8, 4) is 11.1 Å². The average Bonchev–Trinajstić information content (AvgIpc) is 3.17. The van der Waals surface area contributed by atoms with Crippen LogP contribution in [0.4, 0.5) is 10.2 Å². The Labute approximate surface area is 171 Å². The lowest BCUT2D eigenvalue weighted by Crippen LogP contribution is -2.14.